The van der Waals surface area contributed by atoms with Crippen LogP contribution in [0.25, 0.3) is 0 Å². The molecule has 0 radical (unpaired) electrons. The Morgan fingerprint density at radius 3 is 2.79 bits per heavy atom. The molecule has 6 nitrogen and oxygen atoms in total. The lowest BCUT2D eigenvalue weighted by Crippen LogP contribution is -2.14. The molecule has 74 valence electrons. The fraction of sp³-hybridized carbons (Fsp3) is 0.250. The maximum Gasteiger partial charge on any atom is 0.232 e. The molecular weight excluding hydrogens is 182 g/mol. The predicted octanol–water partition coefficient (Wildman–Crippen LogP) is 0.758. The summed E-state index contributed by atoms with van der Waals surface area (Å²) in [6.07, 6.45) is 3.23. The molecule has 0 bridgehead atoms. The minimum Gasteiger partial charge on any atom is -0.470 e. The van der Waals surface area contributed by atoms with Gasteiger partial charge < -0.3 is 15.1 Å². The molecule has 0 spiro atoms. The number of rotatable bonds is 2. The van der Waals surface area contributed by atoms with Crippen LogP contribution in [-0.2, 0) is 7.05 Å². The number of nitrogen functional groups attached to an aromatic ring is 1. The zero-order chi connectivity index (χ0) is 10.1. The van der Waals surface area contributed by atoms with E-state index in [0.717, 1.165) is 5.69 Å². The van der Waals surface area contributed by atoms with Gasteiger partial charge >= 0.3 is 0 Å². The van der Waals surface area contributed by atoms with Gasteiger partial charge in [0.25, 0.3) is 0 Å². The minimum absolute atomic E-state index is 0.385. The Balaban J connectivity index is 2.36. The van der Waals surface area contributed by atoms with E-state index in [1.807, 2.05) is 18.0 Å². The van der Waals surface area contributed by atoms with Crippen LogP contribution in [0.4, 0.5) is 17.6 Å². The van der Waals surface area contributed by atoms with Gasteiger partial charge in [-0.2, -0.15) is 0 Å². The van der Waals surface area contributed by atoms with Gasteiger partial charge in [-0.3, -0.25) is 4.57 Å². The fourth-order valence-electron chi connectivity index (χ4n) is 1.19. The van der Waals surface area contributed by atoms with Crippen LogP contribution in [0.3, 0.4) is 0 Å². The minimum atomic E-state index is 0.385. The fourth-order valence-corrected chi connectivity index (χ4v) is 1.19. The molecule has 0 aliphatic rings. The summed E-state index contributed by atoms with van der Waals surface area (Å²) in [6, 6.07) is 1.84. The largest absolute Gasteiger partial charge is 0.470 e. The summed E-state index contributed by atoms with van der Waals surface area (Å²) in [7, 11) is 3.68. The SMILES string of the molecule is CN(c1ccoc1)c1nnc(N)n1C. The number of nitrogens with zero attached hydrogens (tertiary/aromatic N) is 4. The van der Waals surface area contributed by atoms with Crippen molar-refractivity contribution in [3.8, 4) is 0 Å². The average molecular weight is 193 g/mol. The second-order valence-electron chi connectivity index (χ2n) is 2.96. The van der Waals surface area contributed by atoms with Crippen molar-refractivity contribution in [3.63, 3.8) is 0 Å². The van der Waals surface area contributed by atoms with Gasteiger partial charge in [0.15, 0.2) is 0 Å². The number of hydrogen-bond donors (Lipinski definition) is 1. The van der Waals surface area contributed by atoms with Crippen molar-refractivity contribution >= 4 is 17.6 Å². The van der Waals surface area contributed by atoms with Gasteiger partial charge in [0.05, 0.1) is 12.0 Å². The van der Waals surface area contributed by atoms with Gasteiger partial charge in [-0.1, -0.05) is 0 Å². The molecule has 14 heavy (non-hydrogen) atoms. The second kappa shape index (κ2) is 3.06. The van der Waals surface area contributed by atoms with Gasteiger partial charge in [-0.15, -0.1) is 10.2 Å². The third kappa shape index (κ3) is 1.20. The molecule has 0 saturated heterocycles. The first-order valence-corrected chi connectivity index (χ1v) is 4.11. The molecule has 6 heteroatoms. The smallest absolute Gasteiger partial charge is 0.232 e. The van der Waals surface area contributed by atoms with E-state index in [4.69, 9.17) is 10.2 Å². The molecule has 2 aromatic heterocycles. The maximum atomic E-state index is 5.57. The van der Waals surface area contributed by atoms with Crippen LogP contribution in [0, 0.1) is 0 Å². The van der Waals surface area contributed by atoms with Crippen LogP contribution in [0.1, 0.15) is 0 Å². The van der Waals surface area contributed by atoms with Gasteiger partial charge in [0.2, 0.25) is 11.9 Å². The van der Waals surface area contributed by atoms with Gasteiger partial charge in [0, 0.05) is 20.2 Å². The van der Waals surface area contributed by atoms with Crippen LogP contribution in [0.15, 0.2) is 23.0 Å². The molecule has 0 aliphatic carbocycles. The van der Waals surface area contributed by atoms with E-state index in [2.05, 4.69) is 10.2 Å². The highest BCUT2D eigenvalue weighted by atomic mass is 16.3. The average Bonchev–Trinajstić information content (AvgIpc) is 2.77. The molecule has 0 aromatic carbocycles. The number of furan rings is 1. The lowest BCUT2D eigenvalue weighted by atomic mass is 10.5. The second-order valence-corrected chi connectivity index (χ2v) is 2.96. The van der Waals surface area contributed by atoms with E-state index in [-0.39, 0.29) is 0 Å². The maximum absolute atomic E-state index is 5.57. The molecular formula is C8H11N5O. The Morgan fingerprint density at radius 2 is 2.29 bits per heavy atom. The Bertz CT molecular complexity index is 419. The predicted molar refractivity (Wildman–Crippen MR) is 52.2 cm³/mol. The normalized spacial score (nSPS) is 10.4. The summed E-state index contributed by atoms with van der Waals surface area (Å²) < 4.78 is 6.67. The monoisotopic (exact) mass is 193 g/mol. The molecule has 0 aliphatic heterocycles. The Kier molecular flexibility index (Phi) is 1.88. The summed E-state index contributed by atoms with van der Waals surface area (Å²) in [5, 5.41) is 7.71. The topological polar surface area (TPSA) is 73.1 Å². The van der Waals surface area contributed by atoms with Crippen molar-refractivity contribution in [1.29, 1.82) is 0 Å². The van der Waals surface area contributed by atoms with Crippen LogP contribution < -0.4 is 10.6 Å². The van der Waals surface area contributed by atoms with Gasteiger partial charge in [-0.25, -0.2) is 0 Å². The van der Waals surface area contributed by atoms with Crippen LogP contribution in [-0.4, -0.2) is 21.8 Å². The van der Waals surface area contributed by atoms with Crippen molar-refractivity contribution in [2.24, 2.45) is 7.05 Å². The highest BCUT2D eigenvalue weighted by Crippen LogP contribution is 2.21. The lowest BCUT2D eigenvalue weighted by molar-refractivity contribution is 0.567. The van der Waals surface area contributed by atoms with Crippen LogP contribution in [0.2, 0.25) is 0 Å². The molecule has 0 amide bonds. The molecule has 2 heterocycles. The van der Waals surface area contributed by atoms with Gasteiger partial charge in [-0.05, 0) is 0 Å². The third-order valence-corrected chi connectivity index (χ3v) is 2.08. The Hall–Kier alpha value is -1.98. The molecule has 2 aromatic rings. The standard InChI is InChI=1S/C8H11N5O/c1-12(6-3-4-14-5-6)8-11-10-7(9)13(8)2/h3-5H,1-2H3,(H2,9,10). The summed E-state index contributed by atoms with van der Waals surface area (Å²) in [4.78, 5) is 1.84. The van der Waals surface area contributed by atoms with Crippen molar-refractivity contribution in [3.05, 3.63) is 18.6 Å². The van der Waals surface area contributed by atoms with E-state index < -0.39 is 0 Å². The molecule has 2 N–H and O–H groups in total. The zero-order valence-corrected chi connectivity index (χ0v) is 8.01. The first-order chi connectivity index (χ1) is 6.70. The third-order valence-electron chi connectivity index (χ3n) is 2.08. The quantitative estimate of drug-likeness (QED) is 0.762. The summed E-state index contributed by atoms with van der Waals surface area (Å²) >= 11 is 0. The highest BCUT2D eigenvalue weighted by molar-refractivity contribution is 5.55. The first kappa shape index (κ1) is 8.61. The summed E-state index contributed by atoms with van der Waals surface area (Å²) in [5.41, 5.74) is 6.47. The van der Waals surface area contributed by atoms with E-state index in [1.54, 1.807) is 24.1 Å². The van der Waals surface area contributed by atoms with E-state index in [1.165, 1.54) is 0 Å². The summed E-state index contributed by atoms with van der Waals surface area (Å²) in [5.74, 6) is 1.05. The lowest BCUT2D eigenvalue weighted by Gasteiger charge is -2.14. The molecule has 0 fully saturated rings. The zero-order valence-electron chi connectivity index (χ0n) is 8.01. The molecule has 0 saturated carbocycles. The van der Waals surface area contributed by atoms with E-state index in [0.29, 0.717) is 11.9 Å². The van der Waals surface area contributed by atoms with E-state index in [9.17, 15) is 0 Å². The Morgan fingerprint density at radius 1 is 1.50 bits per heavy atom. The van der Waals surface area contributed by atoms with Crippen molar-refractivity contribution in [2.45, 2.75) is 0 Å². The van der Waals surface area contributed by atoms with Gasteiger partial charge in [0.1, 0.15) is 6.26 Å². The van der Waals surface area contributed by atoms with Crippen molar-refractivity contribution in [2.75, 3.05) is 17.7 Å². The number of hydrogen-bond acceptors (Lipinski definition) is 5. The van der Waals surface area contributed by atoms with Crippen molar-refractivity contribution in [1.82, 2.24) is 14.8 Å². The number of anilines is 3. The van der Waals surface area contributed by atoms with E-state index >= 15 is 0 Å². The molecule has 2 rings (SSSR count). The Labute approximate surface area is 80.9 Å². The van der Waals surface area contributed by atoms with Crippen molar-refractivity contribution < 1.29 is 4.42 Å². The summed E-state index contributed by atoms with van der Waals surface area (Å²) in [6.45, 7) is 0. The first-order valence-electron chi connectivity index (χ1n) is 4.11. The number of nitrogens with two attached hydrogens (primary N) is 1. The number of aromatic nitrogens is 3. The molecule has 0 atom stereocenters. The molecule has 0 unspecified atom stereocenters. The van der Waals surface area contributed by atoms with Crippen LogP contribution in [0.5, 0.6) is 0 Å². The highest BCUT2D eigenvalue weighted by Gasteiger charge is 2.12. The van der Waals surface area contributed by atoms with Crippen LogP contribution >= 0.6 is 0 Å².